The molecule has 2 nitrogen and oxygen atoms in total. The zero-order valence-electron chi connectivity index (χ0n) is 10.3. The topological polar surface area (TPSA) is 26.0 Å². The van der Waals surface area contributed by atoms with E-state index in [1.165, 1.54) is 5.56 Å². The highest BCUT2D eigenvalue weighted by atomic mass is 35.5. The first kappa shape index (κ1) is 12.2. The molecule has 0 fully saturated rings. The van der Waals surface area contributed by atoms with Crippen molar-refractivity contribution in [1.29, 1.82) is 0 Å². The molecule has 2 aromatic rings. The van der Waals surface area contributed by atoms with Crippen molar-refractivity contribution in [2.24, 2.45) is 0 Å². The monoisotopic (exact) mass is 249 g/mol. The minimum absolute atomic E-state index is 0.0878. The summed E-state index contributed by atoms with van der Waals surface area (Å²) in [4.78, 5) is 0. The first-order chi connectivity index (χ1) is 7.98. The van der Waals surface area contributed by atoms with Gasteiger partial charge < -0.3 is 4.52 Å². The van der Waals surface area contributed by atoms with Crippen LogP contribution in [0.15, 0.2) is 34.9 Å². The SMILES string of the molecule is CC(C)(C)c1noc(Cc2ccccc2)c1Cl. The molecule has 2 rings (SSSR count). The van der Waals surface area contributed by atoms with Crippen molar-refractivity contribution in [3.63, 3.8) is 0 Å². The largest absolute Gasteiger partial charge is 0.359 e. The van der Waals surface area contributed by atoms with Crippen molar-refractivity contribution in [1.82, 2.24) is 5.16 Å². The van der Waals surface area contributed by atoms with E-state index in [0.717, 1.165) is 11.5 Å². The summed E-state index contributed by atoms with van der Waals surface area (Å²) in [6, 6.07) is 10.1. The third kappa shape index (κ3) is 2.70. The highest BCUT2D eigenvalue weighted by Crippen LogP contribution is 2.32. The summed E-state index contributed by atoms with van der Waals surface area (Å²) in [5, 5.41) is 4.73. The second kappa shape index (κ2) is 4.53. The van der Waals surface area contributed by atoms with Gasteiger partial charge in [0.15, 0.2) is 5.76 Å². The van der Waals surface area contributed by atoms with Gasteiger partial charge in [-0.25, -0.2) is 0 Å². The van der Waals surface area contributed by atoms with E-state index in [1.807, 2.05) is 18.2 Å². The zero-order chi connectivity index (χ0) is 12.5. The highest BCUT2D eigenvalue weighted by Gasteiger charge is 2.24. The van der Waals surface area contributed by atoms with Crippen LogP contribution in [0.2, 0.25) is 5.02 Å². The van der Waals surface area contributed by atoms with E-state index < -0.39 is 0 Å². The quantitative estimate of drug-likeness (QED) is 0.797. The number of halogens is 1. The molecule has 3 heteroatoms. The molecule has 0 saturated heterocycles. The van der Waals surface area contributed by atoms with Gasteiger partial charge >= 0.3 is 0 Å². The predicted molar refractivity (Wildman–Crippen MR) is 69.5 cm³/mol. The van der Waals surface area contributed by atoms with E-state index in [2.05, 4.69) is 38.1 Å². The van der Waals surface area contributed by atoms with Crippen molar-refractivity contribution in [2.75, 3.05) is 0 Å². The molecular formula is C14H16ClNO. The van der Waals surface area contributed by atoms with Gasteiger partial charge in [-0.05, 0) is 5.56 Å². The van der Waals surface area contributed by atoms with Gasteiger partial charge in [0.25, 0.3) is 0 Å². The number of hydrogen-bond donors (Lipinski definition) is 0. The smallest absolute Gasteiger partial charge is 0.159 e. The Morgan fingerprint density at radius 3 is 2.35 bits per heavy atom. The van der Waals surface area contributed by atoms with Crippen LogP contribution in [0.3, 0.4) is 0 Å². The normalized spacial score (nSPS) is 11.8. The summed E-state index contributed by atoms with van der Waals surface area (Å²) < 4.78 is 5.34. The number of nitrogens with zero attached hydrogens (tertiary/aromatic N) is 1. The standard InChI is InChI=1S/C14H16ClNO/c1-14(2,3)13-12(15)11(17-16-13)9-10-7-5-4-6-8-10/h4-8H,9H2,1-3H3. The fraction of sp³-hybridized carbons (Fsp3) is 0.357. The van der Waals surface area contributed by atoms with Crippen molar-refractivity contribution in [2.45, 2.75) is 32.6 Å². The minimum Gasteiger partial charge on any atom is -0.359 e. The van der Waals surface area contributed by atoms with Gasteiger partial charge in [0.1, 0.15) is 10.7 Å². The van der Waals surface area contributed by atoms with Crippen LogP contribution in [0.1, 0.15) is 37.8 Å². The summed E-state index contributed by atoms with van der Waals surface area (Å²) in [5.41, 5.74) is 1.91. The Bertz CT molecular complexity index is 497. The maximum Gasteiger partial charge on any atom is 0.159 e. The molecule has 0 aliphatic rings. The molecule has 0 saturated carbocycles. The lowest BCUT2D eigenvalue weighted by Gasteiger charge is -2.14. The summed E-state index contributed by atoms with van der Waals surface area (Å²) in [6.45, 7) is 6.22. The van der Waals surface area contributed by atoms with E-state index in [9.17, 15) is 0 Å². The molecule has 90 valence electrons. The Hall–Kier alpha value is -1.28. The molecule has 1 heterocycles. The van der Waals surface area contributed by atoms with E-state index >= 15 is 0 Å². The zero-order valence-corrected chi connectivity index (χ0v) is 11.1. The highest BCUT2D eigenvalue weighted by molar-refractivity contribution is 6.31. The van der Waals surface area contributed by atoms with Crippen molar-refractivity contribution in [3.05, 3.63) is 52.4 Å². The molecule has 1 aromatic carbocycles. The molecular weight excluding hydrogens is 234 g/mol. The van der Waals surface area contributed by atoms with Crippen molar-refractivity contribution in [3.8, 4) is 0 Å². The molecule has 0 amide bonds. The molecule has 0 spiro atoms. The molecule has 0 aliphatic carbocycles. The molecule has 1 aromatic heterocycles. The van der Waals surface area contributed by atoms with E-state index in [-0.39, 0.29) is 5.41 Å². The molecule has 0 unspecified atom stereocenters. The molecule has 0 N–H and O–H groups in total. The summed E-state index contributed by atoms with van der Waals surface area (Å²) >= 11 is 6.30. The van der Waals surface area contributed by atoms with Crippen molar-refractivity contribution < 1.29 is 4.52 Å². The maximum atomic E-state index is 6.30. The third-order valence-corrected chi connectivity index (χ3v) is 3.01. The van der Waals surface area contributed by atoms with Gasteiger partial charge in [0.05, 0.1) is 0 Å². The van der Waals surface area contributed by atoms with E-state index in [4.69, 9.17) is 16.1 Å². The maximum absolute atomic E-state index is 6.30. The Kier molecular flexibility index (Phi) is 3.25. The van der Waals surface area contributed by atoms with Gasteiger partial charge in [0.2, 0.25) is 0 Å². The fourth-order valence-corrected chi connectivity index (χ4v) is 2.09. The Morgan fingerprint density at radius 1 is 1.18 bits per heavy atom. The summed E-state index contributed by atoms with van der Waals surface area (Å²) in [6.07, 6.45) is 0.683. The van der Waals surface area contributed by atoms with Gasteiger partial charge in [-0.3, -0.25) is 0 Å². The summed E-state index contributed by atoms with van der Waals surface area (Å²) in [7, 11) is 0. The Morgan fingerprint density at radius 2 is 1.82 bits per heavy atom. The molecule has 0 atom stereocenters. The number of rotatable bonds is 2. The molecule has 0 bridgehead atoms. The first-order valence-corrected chi connectivity index (χ1v) is 6.05. The van der Waals surface area contributed by atoms with Gasteiger partial charge in [-0.1, -0.05) is 67.9 Å². The van der Waals surface area contributed by atoms with Gasteiger partial charge in [0, 0.05) is 11.8 Å². The lowest BCUT2D eigenvalue weighted by molar-refractivity contribution is 0.369. The fourth-order valence-electron chi connectivity index (χ4n) is 1.67. The third-order valence-electron chi connectivity index (χ3n) is 2.62. The number of benzene rings is 1. The Balaban J connectivity index is 2.27. The predicted octanol–water partition coefficient (Wildman–Crippen LogP) is 4.22. The molecule has 0 aliphatic heterocycles. The summed E-state index contributed by atoms with van der Waals surface area (Å²) in [5.74, 6) is 0.739. The van der Waals surface area contributed by atoms with Crippen LogP contribution in [0.25, 0.3) is 0 Å². The lowest BCUT2D eigenvalue weighted by atomic mass is 9.92. The van der Waals surface area contributed by atoms with E-state index in [1.54, 1.807) is 0 Å². The van der Waals surface area contributed by atoms with E-state index in [0.29, 0.717) is 11.4 Å². The van der Waals surface area contributed by atoms with Crippen LogP contribution >= 0.6 is 11.6 Å². The van der Waals surface area contributed by atoms with Gasteiger partial charge in [-0.2, -0.15) is 0 Å². The van der Waals surface area contributed by atoms with Crippen molar-refractivity contribution >= 4 is 11.6 Å². The van der Waals surface area contributed by atoms with Crippen LogP contribution in [0.4, 0.5) is 0 Å². The van der Waals surface area contributed by atoms with Crippen LogP contribution in [-0.4, -0.2) is 5.16 Å². The lowest BCUT2D eigenvalue weighted by Crippen LogP contribution is -2.12. The van der Waals surface area contributed by atoms with Crippen LogP contribution in [-0.2, 0) is 11.8 Å². The van der Waals surface area contributed by atoms with Crippen LogP contribution < -0.4 is 0 Å². The average molecular weight is 250 g/mol. The van der Waals surface area contributed by atoms with Crippen LogP contribution in [0, 0.1) is 0 Å². The number of aromatic nitrogens is 1. The first-order valence-electron chi connectivity index (χ1n) is 5.67. The average Bonchev–Trinajstić information content (AvgIpc) is 2.61. The minimum atomic E-state index is -0.0878. The Labute approximate surface area is 107 Å². The second-order valence-electron chi connectivity index (χ2n) is 5.18. The second-order valence-corrected chi connectivity index (χ2v) is 5.56. The van der Waals surface area contributed by atoms with Crippen LogP contribution in [0.5, 0.6) is 0 Å². The molecule has 17 heavy (non-hydrogen) atoms. The number of hydrogen-bond acceptors (Lipinski definition) is 2. The van der Waals surface area contributed by atoms with Gasteiger partial charge in [-0.15, -0.1) is 0 Å². The molecule has 0 radical (unpaired) electrons.